The molecule has 2 aliphatic rings. The summed E-state index contributed by atoms with van der Waals surface area (Å²) in [6, 6.07) is 13.4. The summed E-state index contributed by atoms with van der Waals surface area (Å²) in [6.07, 6.45) is 2.60. The number of methoxy groups -OCH3 is 2. The van der Waals surface area contributed by atoms with Crippen molar-refractivity contribution in [2.75, 3.05) is 32.2 Å². The number of ether oxygens (including phenoxy) is 2. The number of imide groups is 1. The molecule has 6 heteroatoms. The summed E-state index contributed by atoms with van der Waals surface area (Å²) in [7, 11) is 3.13. The van der Waals surface area contributed by atoms with Gasteiger partial charge in [0.2, 0.25) is 0 Å². The third-order valence-corrected chi connectivity index (χ3v) is 5.64. The van der Waals surface area contributed by atoms with Crippen molar-refractivity contribution in [3.05, 3.63) is 59.3 Å². The third-order valence-electron chi connectivity index (χ3n) is 5.64. The van der Waals surface area contributed by atoms with Gasteiger partial charge < -0.3 is 14.4 Å². The summed E-state index contributed by atoms with van der Waals surface area (Å²) >= 11 is 0. The maximum Gasteiger partial charge on any atom is 0.278 e. The number of fused-ring (bicyclic) bond motifs is 1. The van der Waals surface area contributed by atoms with E-state index in [1.165, 1.54) is 10.5 Å². The van der Waals surface area contributed by atoms with Crippen LogP contribution in [-0.2, 0) is 16.0 Å². The first-order chi connectivity index (χ1) is 14.6. The number of amides is 2. The monoisotopic (exact) mass is 406 g/mol. The van der Waals surface area contributed by atoms with E-state index in [-0.39, 0.29) is 11.8 Å². The zero-order valence-corrected chi connectivity index (χ0v) is 17.6. The fourth-order valence-corrected chi connectivity index (χ4v) is 4.26. The number of carbonyl (C=O) groups is 2. The summed E-state index contributed by atoms with van der Waals surface area (Å²) in [6.45, 7) is 3.06. The molecule has 2 aliphatic heterocycles. The van der Waals surface area contributed by atoms with Crippen LogP contribution in [0.4, 0.5) is 5.69 Å². The maximum absolute atomic E-state index is 13.4. The van der Waals surface area contributed by atoms with Crippen LogP contribution in [0.3, 0.4) is 0 Å². The first kappa shape index (κ1) is 20.0. The summed E-state index contributed by atoms with van der Waals surface area (Å²) in [5, 5.41) is 0. The van der Waals surface area contributed by atoms with Crippen LogP contribution in [0, 0.1) is 0 Å². The Labute approximate surface area is 176 Å². The molecule has 0 radical (unpaired) electrons. The molecule has 2 amide bonds. The van der Waals surface area contributed by atoms with Gasteiger partial charge in [-0.15, -0.1) is 0 Å². The van der Waals surface area contributed by atoms with Crippen LogP contribution in [-0.4, -0.2) is 44.0 Å². The highest BCUT2D eigenvalue weighted by Gasteiger charge is 2.42. The van der Waals surface area contributed by atoms with Crippen molar-refractivity contribution in [1.29, 1.82) is 0 Å². The van der Waals surface area contributed by atoms with E-state index in [0.717, 1.165) is 18.5 Å². The van der Waals surface area contributed by atoms with E-state index in [0.29, 0.717) is 47.8 Å². The first-order valence-electron chi connectivity index (χ1n) is 10.3. The van der Waals surface area contributed by atoms with Crippen LogP contribution in [0.2, 0.25) is 0 Å². The zero-order valence-electron chi connectivity index (χ0n) is 17.6. The summed E-state index contributed by atoms with van der Waals surface area (Å²) in [5.74, 6) is 0.611. The van der Waals surface area contributed by atoms with Gasteiger partial charge in [-0.3, -0.25) is 14.5 Å². The van der Waals surface area contributed by atoms with Gasteiger partial charge in [0.1, 0.15) is 5.70 Å². The SMILES string of the molecule is CCCN1C(=O)C(c2ccc(OC)c(OC)c2)=C(N2CCCc3ccccc32)C1=O. The number of hydrogen-bond acceptors (Lipinski definition) is 5. The van der Waals surface area contributed by atoms with Crippen molar-refractivity contribution < 1.29 is 19.1 Å². The van der Waals surface area contributed by atoms with Crippen LogP contribution in [0.5, 0.6) is 11.5 Å². The lowest BCUT2D eigenvalue weighted by atomic mass is 9.98. The molecule has 0 spiro atoms. The third kappa shape index (κ3) is 3.22. The molecule has 2 heterocycles. The predicted octanol–water partition coefficient (Wildman–Crippen LogP) is 3.65. The molecule has 0 fully saturated rings. The Morgan fingerprint density at radius 1 is 0.967 bits per heavy atom. The Hall–Kier alpha value is -3.28. The van der Waals surface area contributed by atoms with Crippen LogP contribution < -0.4 is 14.4 Å². The zero-order chi connectivity index (χ0) is 21.3. The van der Waals surface area contributed by atoms with Gasteiger partial charge >= 0.3 is 0 Å². The van der Waals surface area contributed by atoms with Gasteiger partial charge in [0.25, 0.3) is 11.8 Å². The molecule has 2 aromatic carbocycles. The van der Waals surface area contributed by atoms with Gasteiger partial charge in [0.05, 0.1) is 19.8 Å². The van der Waals surface area contributed by atoms with Crippen molar-refractivity contribution in [3.8, 4) is 11.5 Å². The van der Waals surface area contributed by atoms with Gasteiger partial charge in [-0.25, -0.2) is 0 Å². The Balaban J connectivity index is 1.90. The van der Waals surface area contributed by atoms with Crippen LogP contribution in [0.15, 0.2) is 48.2 Å². The van der Waals surface area contributed by atoms with Crippen molar-refractivity contribution >= 4 is 23.1 Å². The maximum atomic E-state index is 13.4. The normalized spacial score (nSPS) is 16.2. The van der Waals surface area contributed by atoms with Crippen molar-refractivity contribution in [2.24, 2.45) is 0 Å². The number of carbonyl (C=O) groups excluding carboxylic acids is 2. The molecule has 0 saturated heterocycles. The van der Waals surface area contributed by atoms with Crippen molar-refractivity contribution in [1.82, 2.24) is 4.90 Å². The highest BCUT2D eigenvalue weighted by molar-refractivity contribution is 6.36. The number of hydrogen-bond donors (Lipinski definition) is 0. The lowest BCUT2D eigenvalue weighted by Crippen LogP contribution is -2.37. The number of para-hydroxylation sites is 1. The van der Waals surface area contributed by atoms with E-state index in [4.69, 9.17) is 9.47 Å². The quantitative estimate of drug-likeness (QED) is 0.686. The van der Waals surface area contributed by atoms with Gasteiger partial charge in [-0.1, -0.05) is 31.2 Å². The molecule has 0 bridgehead atoms. The van der Waals surface area contributed by atoms with E-state index in [1.807, 2.05) is 36.1 Å². The minimum Gasteiger partial charge on any atom is -0.493 e. The van der Waals surface area contributed by atoms with Gasteiger partial charge in [-0.2, -0.15) is 0 Å². The number of rotatable bonds is 6. The average molecular weight is 406 g/mol. The number of nitrogens with zero attached hydrogens (tertiary/aromatic N) is 2. The molecule has 156 valence electrons. The van der Waals surface area contributed by atoms with E-state index in [2.05, 4.69) is 6.07 Å². The number of anilines is 1. The van der Waals surface area contributed by atoms with E-state index < -0.39 is 0 Å². The molecule has 0 atom stereocenters. The Morgan fingerprint density at radius 2 is 1.73 bits per heavy atom. The topological polar surface area (TPSA) is 59.1 Å². The predicted molar refractivity (Wildman–Crippen MR) is 116 cm³/mol. The summed E-state index contributed by atoms with van der Waals surface area (Å²) < 4.78 is 10.8. The molecule has 0 aromatic heterocycles. The van der Waals surface area contributed by atoms with E-state index in [1.54, 1.807) is 26.4 Å². The number of benzene rings is 2. The first-order valence-corrected chi connectivity index (χ1v) is 10.3. The number of aryl methyl sites for hydroxylation is 1. The van der Waals surface area contributed by atoms with E-state index in [9.17, 15) is 9.59 Å². The van der Waals surface area contributed by atoms with E-state index >= 15 is 0 Å². The second-order valence-corrected chi connectivity index (χ2v) is 7.44. The highest BCUT2D eigenvalue weighted by Crippen LogP contribution is 2.39. The molecule has 30 heavy (non-hydrogen) atoms. The summed E-state index contributed by atoms with van der Waals surface area (Å²) in [4.78, 5) is 30.2. The van der Waals surface area contributed by atoms with Gasteiger partial charge in [0, 0.05) is 18.8 Å². The van der Waals surface area contributed by atoms with Crippen LogP contribution >= 0.6 is 0 Å². The minimum absolute atomic E-state index is 0.233. The molecule has 4 rings (SSSR count). The second kappa shape index (κ2) is 8.22. The lowest BCUT2D eigenvalue weighted by molar-refractivity contribution is -0.136. The molecule has 0 saturated carbocycles. The van der Waals surface area contributed by atoms with Crippen LogP contribution in [0.1, 0.15) is 30.9 Å². The molecule has 6 nitrogen and oxygen atoms in total. The van der Waals surface area contributed by atoms with Crippen molar-refractivity contribution in [2.45, 2.75) is 26.2 Å². The molecule has 0 N–H and O–H groups in total. The largest absolute Gasteiger partial charge is 0.493 e. The Bertz CT molecular complexity index is 1030. The molecular weight excluding hydrogens is 380 g/mol. The molecule has 0 unspecified atom stereocenters. The second-order valence-electron chi connectivity index (χ2n) is 7.44. The fraction of sp³-hybridized carbons (Fsp3) is 0.333. The Morgan fingerprint density at radius 3 is 2.47 bits per heavy atom. The molecule has 2 aromatic rings. The van der Waals surface area contributed by atoms with Crippen molar-refractivity contribution in [3.63, 3.8) is 0 Å². The van der Waals surface area contributed by atoms with Crippen LogP contribution in [0.25, 0.3) is 5.57 Å². The fourth-order valence-electron chi connectivity index (χ4n) is 4.26. The molecular formula is C24H26N2O4. The molecule has 0 aliphatic carbocycles. The minimum atomic E-state index is -0.257. The lowest BCUT2D eigenvalue weighted by Gasteiger charge is -2.32. The highest BCUT2D eigenvalue weighted by atomic mass is 16.5. The standard InChI is InChI=1S/C24H26N2O4/c1-4-13-26-23(27)21(17-11-12-19(29-2)20(15-17)30-3)22(24(26)28)25-14-7-9-16-8-5-6-10-18(16)25/h5-6,8,10-12,15H,4,7,9,13-14H2,1-3H3. The summed E-state index contributed by atoms with van der Waals surface area (Å²) in [5.41, 5.74) is 3.72. The Kier molecular flexibility index (Phi) is 5.48. The smallest absolute Gasteiger partial charge is 0.278 e. The average Bonchev–Trinajstić information content (AvgIpc) is 3.03. The van der Waals surface area contributed by atoms with Gasteiger partial charge in [0.15, 0.2) is 11.5 Å². The van der Waals surface area contributed by atoms with Gasteiger partial charge in [-0.05, 0) is 48.6 Å².